The molecular weight excluding hydrogens is 600 g/mol. The highest BCUT2D eigenvalue weighted by Crippen LogP contribution is 2.14. The van der Waals surface area contributed by atoms with Crippen LogP contribution in [0, 0.1) is 0 Å². The second-order valence-electron chi connectivity index (χ2n) is 13.6. The molecule has 0 saturated heterocycles. The summed E-state index contributed by atoms with van der Waals surface area (Å²) in [4.78, 5) is 37.3. The number of rotatable bonds is 36. The van der Waals surface area contributed by atoms with E-state index in [9.17, 15) is 14.4 Å². The molecule has 0 aromatic carbocycles. The number of ether oxygens (including phenoxy) is 3. The van der Waals surface area contributed by atoms with E-state index < -0.39 is 6.10 Å². The molecule has 0 fully saturated rings. The fraction of sp³-hybridized carbons (Fsp3) is 0.833. The third kappa shape index (κ3) is 35.2. The molecular formula is C42H76O6. The SMILES string of the molecule is CCC/C=C\C/C=C\CCCCCCCC(=O)OCC(COC(=O)CCCCCCC)OC(=O)CCCCCCCCCCCCCC. The van der Waals surface area contributed by atoms with E-state index in [-0.39, 0.29) is 31.1 Å². The van der Waals surface area contributed by atoms with Gasteiger partial charge in [0.2, 0.25) is 0 Å². The number of esters is 3. The third-order valence-corrected chi connectivity index (χ3v) is 8.69. The Morgan fingerprint density at radius 2 is 0.792 bits per heavy atom. The average molecular weight is 677 g/mol. The minimum absolute atomic E-state index is 0.0747. The molecule has 0 heterocycles. The third-order valence-electron chi connectivity index (χ3n) is 8.69. The fourth-order valence-electron chi connectivity index (χ4n) is 5.60. The van der Waals surface area contributed by atoms with Gasteiger partial charge in [0.15, 0.2) is 6.10 Å². The first-order valence-corrected chi connectivity index (χ1v) is 20.3. The molecule has 0 radical (unpaired) electrons. The normalized spacial score (nSPS) is 12.1. The van der Waals surface area contributed by atoms with Crippen LogP contribution >= 0.6 is 0 Å². The molecule has 0 spiro atoms. The van der Waals surface area contributed by atoms with Crippen LogP contribution in [0.3, 0.4) is 0 Å². The molecule has 0 N–H and O–H groups in total. The summed E-state index contributed by atoms with van der Waals surface area (Å²) in [5.74, 6) is -0.904. The Balaban J connectivity index is 4.28. The highest BCUT2D eigenvalue weighted by Gasteiger charge is 2.19. The maximum Gasteiger partial charge on any atom is 0.306 e. The lowest BCUT2D eigenvalue weighted by Gasteiger charge is -2.18. The van der Waals surface area contributed by atoms with Crippen LogP contribution in [0.2, 0.25) is 0 Å². The van der Waals surface area contributed by atoms with Gasteiger partial charge in [0.05, 0.1) is 0 Å². The first-order chi connectivity index (χ1) is 23.5. The van der Waals surface area contributed by atoms with Gasteiger partial charge in [0.25, 0.3) is 0 Å². The zero-order valence-corrected chi connectivity index (χ0v) is 31.8. The Labute approximate surface area is 296 Å². The van der Waals surface area contributed by atoms with Crippen LogP contribution in [-0.2, 0) is 28.6 Å². The maximum absolute atomic E-state index is 12.6. The van der Waals surface area contributed by atoms with E-state index in [1.807, 2.05) is 0 Å². The summed E-state index contributed by atoms with van der Waals surface area (Å²) in [6, 6.07) is 0. The lowest BCUT2D eigenvalue weighted by atomic mass is 10.0. The van der Waals surface area contributed by atoms with E-state index in [0.717, 1.165) is 89.9 Å². The zero-order valence-electron chi connectivity index (χ0n) is 31.8. The van der Waals surface area contributed by atoms with Crippen LogP contribution < -0.4 is 0 Å². The summed E-state index contributed by atoms with van der Waals surface area (Å²) < 4.78 is 16.5. The predicted molar refractivity (Wildman–Crippen MR) is 201 cm³/mol. The van der Waals surface area contributed by atoms with Crippen LogP contribution in [0.15, 0.2) is 24.3 Å². The molecule has 0 aromatic rings. The van der Waals surface area contributed by atoms with Gasteiger partial charge in [-0.2, -0.15) is 0 Å². The van der Waals surface area contributed by atoms with Crippen LogP contribution in [0.5, 0.6) is 0 Å². The van der Waals surface area contributed by atoms with Gasteiger partial charge in [-0.25, -0.2) is 0 Å². The number of carbonyl (C=O) groups excluding carboxylic acids is 3. The molecule has 0 aromatic heterocycles. The molecule has 1 atom stereocenters. The van der Waals surface area contributed by atoms with Crippen molar-refractivity contribution in [2.45, 2.75) is 213 Å². The summed E-state index contributed by atoms with van der Waals surface area (Å²) in [5.41, 5.74) is 0. The van der Waals surface area contributed by atoms with Gasteiger partial charge in [-0.15, -0.1) is 0 Å². The molecule has 0 aliphatic rings. The summed E-state index contributed by atoms with van der Waals surface area (Å²) >= 11 is 0. The second-order valence-corrected chi connectivity index (χ2v) is 13.6. The van der Waals surface area contributed by atoms with Crippen LogP contribution in [0.1, 0.15) is 207 Å². The van der Waals surface area contributed by atoms with Gasteiger partial charge in [-0.1, -0.05) is 167 Å². The summed E-state index contributed by atoms with van der Waals surface area (Å²) in [6.07, 6.45) is 39.0. The first kappa shape index (κ1) is 45.9. The highest BCUT2D eigenvalue weighted by molar-refractivity contribution is 5.71. The average Bonchev–Trinajstić information content (AvgIpc) is 3.08. The minimum Gasteiger partial charge on any atom is -0.462 e. The molecule has 280 valence electrons. The van der Waals surface area contributed by atoms with Crippen LogP contribution in [-0.4, -0.2) is 37.2 Å². The molecule has 0 aliphatic heterocycles. The van der Waals surface area contributed by atoms with Gasteiger partial charge in [0.1, 0.15) is 13.2 Å². The number of unbranched alkanes of at least 4 members (excludes halogenated alkanes) is 21. The molecule has 0 aliphatic carbocycles. The largest absolute Gasteiger partial charge is 0.462 e. The number of allylic oxidation sites excluding steroid dienone is 4. The van der Waals surface area contributed by atoms with E-state index in [0.29, 0.717) is 19.3 Å². The van der Waals surface area contributed by atoms with Crippen molar-refractivity contribution in [1.29, 1.82) is 0 Å². The second kappa shape index (κ2) is 37.7. The molecule has 6 heteroatoms. The summed E-state index contributed by atoms with van der Waals surface area (Å²) in [6.45, 7) is 6.46. The Morgan fingerprint density at radius 3 is 1.23 bits per heavy atom. The summed E-state index contributed by atoms with van der Waals surface area (Å²) in [7, 11) is 0. The van der Waals surface area contributed by atoms with E-state index >= 15 is 0 Å². The summed E-state index contributed by atoms with van der Waals surface area (Å²) in [5, 5.41) is 0. The molecule has 0 saturated carbocycles. The van der Waals surface area contributed by atoms with Crippen molar-refractivity contribution in [2.24, 2.45) is 0 Å². The van der Waals surface area contributed by atoms with Gasteiger partial charge in [-0.3, -0.25) is 14.4 Å². The zero-order chi connectivity index (χ0) is 35.2. The predicted octanol–water partition coefficient (Wildman–Crippen LogP) is 12.5. The Kier molecular flexibility index (Phi) is 36.0. The molecule has 1 unspecified atom stereocenters. The van der Waals surface area contributed by atoms with Gasteiger partial charge in [0, 0.05) is 19.3 Å². The van der Waals surface area contributed by atoms with Crippen LogP contribution in [0.4, 0.5) is 0 Å². The van der Waals surface area contributed by atoms with E-state index in [1.165, 1.54) is 77.0 Å². The molecule has 6 nitrogen and oxygen atoms in total. The van der Waals surface area contributed by atoms with Crippen molar-refractivity contribution in [2.75, 3.05) is 13.2 Å². The van der Waals surface area contributed by atoms with E-state index in [4.69, 9.17) is 14.2 Å². The maximum atomic E-state index is 12.6. The van der Waals surface area contributed by atoms with Crippen LogP contribution in [0.25, 0.3) is 0 Å². The van der Waals surface area contributed by atoms with Gasteiger partial charge in [-0.05, 0) is 44.9 Å². The van der Waals surface area contributed by atoms with Crippen molar-refractivity contribution in [3.05, 3.63) is 24.3 Å². The number of carbonyl (C=O) groups is 3. The smallest absolute Gasteiger partial charge is 0.306 e. The van der Waals surface area contributed by atoms with E-state index in [1.54, 1.807) is 0 Å². The number of hydrogen-bond donors (Lipinski definition) is 0. The van der Waals surface area contributed by atoms with Gasteiger partial charge >= 0.3 is 17.9 Å². The minimum atomic E-state index is -0.766. The number of hydrogen-bond acceptors (Lipinski definition) is 6. The van der Waals surface area contributed by atoms with Crippen molar-refractivity contribution < 1.29 is 28.6 Å². The quantitative estimate of drug-likeness (QED) is 0.0284. The molecule has 48 heavy (non-hydrogen) atoms. The Bertz CT molecular complexity index is 789. The van der Waals surface area contributed by atoms with Crippen molar-refractivity contribution in [3.63, 3.8) is 0 Å². The Morgan fingerprint density at radius 1 is 0.417 bits per heavy atom. The van der Waals surface area contributed by atoms with Crippen molar-refractivity contribution in [3.8, 4) is 0 Å². The monoisotopic (exact) mass is 677 g/mol. The Hall–Kier alpha value is -2.11. The van der Waals surface area contributed by atoms with Crippen molar-refractivity contribution >= 4 is 17.9 Å². The molecule has 0 amide bonds. The fourth-order valence-corrected chi connectivity index (χ4v) is 5.60. The molecule has 0 bridgehead atoms. The van der Waals surface area contributed by atoms with E-state index in [2.05, 4.69) is 45.1 Å². The lowest BCUT2D eigenvalue weighted by Crippen LogP contribution is -2.30. The first-order valence-electron chi connectivity index (χ1n) is 20.3. The topological polar surface area (TPSA) is 78.9 Å². The lowest BCUT2D eigenvalue weighted by molar-refractivity contribution is -0.167. The van der Waals surface area contributed by atoms with Gasteiger partial charge < -0.3 is 14.2 Å². The standard InChI is InChI=1S/C42H76O6/c1-4-7-10-13-15-17-19-21-23-24-26-29-32-35-41(44)47-38-39(37-46-40(43)34-31-28-12-9-6-3)48-42(45)36-33-30-27-25-22-20-18-16-14-11-8-5-2/h10,13,17,19,39H,4-9,11-12,14-16,18,20-38H2,1-3H3/b13-10-,19-17-. The van der Waals surface area contributed by atoms with Crippen molar-refractivity contribution in [1.82, 2.24) is 0 Å². The highest BCUT2D eigenvalue weighted by atomic mass is 16.6. The molecule has 0 rings (SSSR count).